The maximum Gasteiger partial charge on any atom is 0.275 e. The van der Waals surface area contributed by atoms with E-state index in [1.807, 2.05) is 31.2 Å². The van der Waals surface area contributed by atoms with Crippen LogP contribution in [0.3, 0.4) is 0 Å². The zero-order valence-corrected chi connectivity index (χ0v) is 10.9. The van der Waals surface area contributed by atoms with Crippen molar-refractivity contribution in [2.75, 3.05) is 0 Å². The summed E-state index contributed by atoms with van der Waals surface area (Å²) in [5.74, 6) is 0.167. The molecule has 0 bridgehead atoms. The third-order valence-corrected chi connectivity index (χ3v) is 3.04. The van der Waals surface area contributed by atoms with Gasteiger partial charge in [0.05, 0.1) is 5.69 Å². The van der Waals surface area contributed by atoms with E-state index in [9.17, 15) is 9.90 Å². The van der Waals surface area contributed by atoms with Crippen LogP contribution in [-0.4, -0.2) is 14.9 Å². The number of nitrogens with zero attached hydrogens (tertiary/aromatic N) is 2. The number of thiol groups is 1. The molecule has 2 rings (SSSR count). The van der Waals surface area contributed by atoms with Crippen LogP contribution < -0.4 is 5.56 Å². The van der Waals surface area contributed by atoms with Gasteiger partial charge in [0.1, 0.15) is 11.4 Å². The summed E-state index contributed by atoms with van der Waals surface area (Å²) in [6, 6.07) is 8.75. The Morgan fingerprint density at radius 1 is 1.39 bits per heavy atom. The van der Waals surface area contributed by atoms with Gasteiger partial charge in [0.25, 0.3) is 5.56 Å². The van der Waals surface area contributed by atoms with E-state index in [1.54, 1.807) is 0 Å². The van der Waals surface area contributed by atoms with Crippen molar-refractivity contribution in [2.24, 2.45) is 0 Å². The average molecular weight is 262 g/mol. The summed E-state index contributed by atoms with van der Waals surface area (Å²) < 4.78 is 1.31. The fourth-order valence-corrected chi connectivity index (χ4v) is 2.01. The van der Waals surface area contributed by atoms with Crippen LogP contribution in [0.1, 0.15) is 18.2 Å². The number of para-hydroxylation sites is 1. The Morgan fingerprint density at radius 3 is 2.78 bits per heavy atom. The lowest BCUT2D eigenvalue weighted by molar-refractivity contribution is 0.460. The van der Waals surface area contributed by atoms with Gasteiger partial charge in [0.15, 0.2) is 0 Å². The molecule has 0 aliphatic rings. The molecule has 0 fully saturated rings. The molecule has 0 spiro atoms. The molecule has 0 saturated carbocycles. The van der Waals surface area contributed by atoms with Gasteiger partial charge in [0, 0.05) is 11.8 Å². The standard InChI is InChI=1S/C13H14N2O2S/c1-2-9-5-3-4-6-11(9)15-13(17)7-12(16)10(8-18)14-15/h3-7,16,18H,2,8H2,1H3. The van der Waals surface area contributed by atoms with Gasteiger partial charge in [-0.15, -0.1) is 0 Å². The van der Waals surface area contributed by atoms with E-state index in [0.29, 0.717) is 5.69 Å². The van der Waals surface area contributed by atoms with Gasteiger partial charge in [0.2, 0.25) is 0 Å². The largest absolute Gasteiger partial charge is 0.506 e. The SMILES string of the molecule is CCc1ccccc1-n1nc(CS)c(O)cc1=O. The minimum absolute atomic E-state index is 0.111. The van der Waals surface area contributed by atoms with Crippen LogP contribution in [0.25, 0.3) is 5.69 Å². The summed E-state index contributed by atoms with van der Waals surface area (Å²) >= 11 is 4.08. The highest BCUT2D eigenvalue weighted by atomic mass is 32.1. The van der Waals surface area contributed by atoms with Gasteiger partial charge >= 0.3 is 0 Å². The van der Waals surface area contributed by atoms with Crippen molar-refractivity contribution in [1.29, 1.82) is 0 Å². The second-order valence-electron chi connectivity index (χ2n) is 3.87. The Morgan fingerprint density at radius 2 is 2.11 bits per heavy atom. The molecule has 1 N–H and O–H groups in total. The number of hydrogen-bond donors (Lipinski definition) is 2. The fraction of sp³-hybridized carbons (Fsp3) is 0.231. The molecule has 94 valence electrons. The van der Waals surface area contributed by atoms with Crippen LogP contribution in [0, 0.1) is 0 Å². The van der Waals surface area contributed by atoms with Crippen LogP contribution in [0.4, 0.5) is 0 Å². The second-order valence-corrected chi connectivity index (χ2v) is 4.18. The fourth-order valence-electron chi connectivity index (χ4n) is 1.78. The average Bonchev–Trinajstić information content (AvgIpc) is 2.39. The molecule has 0 saturated heterocycles. The van der Waals surface area contributed by atoms with E-state index >= 15 is 0 Å². The van der Waals surface area contributed by atoms with Crippen molar-refractivity contribution in [3.8, 4) is 11.4 Å². The summed E-state index contributed by atoms with van der Waals surface area (Å²) in [6.07, 6.45) is 0.807. The lowest BCUT2D eigenvalue weighted by atomic mass is 10.1. The molecule has 1 heterocycles. The van der Waals surface area contributed by atoms with Crippen LogP contribution in [0.2, 0.25) is 0 Å². The highest BCUT2D eigenvalue weighted by molar-refractivity contribution is 7.79. The second kappa shape index (κ2) is 5.27. The van der Waals surface area contributed by atoms with Gasteiger partial charge in [-0.25, -0.2) is 0 Å². The van der Waals surface area contributed by atoms with E-state index in [2.05, 4.69) is 17.7 Å². The predicted molar refractivity (Wildman–Crippen MR) is 73.6 cm³/mol. The number of aromatic hydroxyl groups is 1. The van der Waals surface area contributed by atoms with Gasteiger partial charge in [-0.05, 0) is 18.1 Å². The third kappa shape index (κ3) is 2.26. The van der Waals surface area contributed by atoms with Crippen LogP contribution >= 0.6 is 12.6 Å². The zero-order chi connectivity index (χ0) is 13.1. The number of aryl methyl sites for hydroxylation is 1. The summed E-state index contributed by atoms with van der Waals surface area (Å²) in [5, 5.41) is 13.7. The summed E-state index contributed by atoms with van der Waals surface area (Å²) in [7, 11) is 0. The molecule has 0 aliphatic carbocycles. The lowest BCUT2D eigenvalue weighted by Gasteiger charge is -2.10. The van der Waals surface area contributed by atoms with E-state index in [4.69, 9.17) is 0 Å². The summed E-state index contributed by atoms with van der Waals surface area (Å²) in [5.41, 5.74) is 1.82. The van der Waals surface area contributed by atoms with Crippen LogP contribution in [0.15, 0.2) is 35.1 Å². The third-order valence-electron chi connectivity index (χ3n) is 2.74. The molecular weight excluding hydrogens is 248 g/mol. The molecular formula is C13H14N2O2S. The minimum Gasteiger partial charge on any atom is -0.506 e. The molecule has 2 aromatic rings. The Bertz CT molecular complexity index is 623. The Balaban J connectivity index is 2.67. The first-order valence-corrected chi connectivity index (χ1v) is 6.32. The Hall–Kier alpha value is -1.75. The number of benzene rings is 1. The first-order chi connectivity index (χ1) is 8.67. The number of rotatable bonds is 3. The molecule has 0 atom stereocenters. The Labute approximate surface area is 110 Å². The van der Waals surface area contributed by atoms with Gasteiger partial charge in [-0.2, -0.15) is 22.4 Å². The molecule has 0 radical (unpaired) electrons. The van der Waals surface area contributed by atoms with Crippen molar-refractivity contribution >= 4 is 12.6 Å². The normalized spacial score (nSPS) is 10.6. The zero-order valence-electron chi connectivity index (χ0n) is 10.00. The van der Waals surface area contributed by atoms with Crippen molar-refractivity contribution in [3.63, 3.8) is 0 Å². The van der Waals surface area contributed by atoms with Gasteiger partial charge < -0.3 is 5.11 Å². The first kappa shape index (κ1) is 12.7. The van der Waals surface area contributed by atoms with Crippen molar-refractivity contribution in [1.82, 2.24) is 9.78 Å². The predicted octanol–water partition coefficient (Wildman–Crippen LogP) is 1.93. The highest BCUT2D eigenvalue weighted by Crippen LogP contribution is 2.16. The van der Waals surface area contributed by atoms with E-state index in [0.717, 1.165) is 17.7 Å². The molecule has 0 unspecified atom stereocenters. The molecule has 1 aromatic carbocycles. The molecule has 1 aromatic heterocycles. The number of hydrogen-bond acceptors (Lipinski definition) is 4. The van der Waals surface area contributed by atoms with Crippen LogP contribution in [0.5, 0.6) is 5.75 Å². The summed E-state index contributed by atoms with van der Waals surface area (Å²) in [4.78, 5) is 11.9. The van der Waals surface area contributed by atoms with E-state index in [1.165, 1.54) is 10.7 Å². The van der Waals surface area contributed by atoms with Crippen molar-refractivity contribution in [2.45, 2.75) is 19.1 Å². The molecule has 5 heteroatoms. The molecule has 0 aliphatic heterocycles. The quantitative estimate of drug-likeness (QED) is 0.831. The first-order valence-electron chi connectivity index (χ1n) is 5.68. The summed E-state index contributed by atoms with van der Waals surface area (Å²) in [6.45, 7) is 2.02. The lowest BCUT2D eigenvalue weighted by Crippen LogP contribution is -2.22. The topological polar surface area (TPSA) is 55.1 Å². The monoisotopic (exact) mass is 262 g/mol. The smallest absolute Gasteiger partial charge is 0.275 e. The van der Waals surface area contributed by atoms with E-state index < -0.39 is 0 Å². The Kier molecular flexibility index (Phi) is 3.72. The van der Waals surface area contributed by atoms with E-state index in [-0.39, 0.29) is 17.1 Å². The molecule has 18 heavy (non-hydrogen) atoms. The maximum atomic E-state index is 11.9. The molecule has 4 nitrogen and oxygen atoms in total. The highest BCUT2D eigenvalue weighted by Gasteiger charge is 2.10. The van der Waals surface area contributed by atoms with Gasteiger partial charge in [-0.3, -0.25) is 4.79 Å². The molecule has 0 amide bonds. The maximum absolute atomic E-state index is 11.9. The van der Waals surface area contributed by atoms with Crippen molar-refractivity contribution < 1.29 is 5.11 Å². The minimum atomic E-state index is -0.348. The van der Waals surface area contributed by atoms with Gasteiger partial charge in [-0.1, -0.05) is 25.1 Å². The number of aromatic nitrogens is 2. The van der Waals surface area contributed by atoms with Crippen molar-refractivity contribution in [3.05, 3.63) is 51.9 Å². The van der Waals surface area contributed by atoms with Crippen LogP contribution in [-0.2, 0) is 12.2 Å².